The van der Waals surface area contributed by atoms with Crippen LogP contribution >= 0.6 is 23.5 Å². The zero-order valence-corrected chi connectivity index (χ0v) is 9.89. The minimum atomic E-state index is -0.457. The van der Waals surface area contributed by atoms with Gasteiger partial charge in [-0.25, -0.2) is 4.79 Å². The summed E-state index contributed by atoms with van der Waals surface area (Å²) < 4.78 is 5.17. The molecule has 1 aliphatic heterocycles. The number of thioether (sulfide) groups is 2. The van der Waals surface area contributed by atoms with E-state index in [0.717, 1.165) is 0 Å². The molecule has 1 heterocycles. The number of phenols is 2. The van der Waals surface area contributed by atoms with Gasteiger partial charge in [0.1, 0.15) is 11.5 Å². The van der Waals surface area contributed by atoms with E-state index in [0.29, 0.717) is 14.0 Å². The van der Waals surface area contributed by atoms with Gasteiger partial charge in [0.05, 0.1) is 21.1 Å². The van der Waals surface area contributed by atoms with Crippen LogP contribution in [0.4, 0.5) is 0 Å². The number of aromatic hydroxyl groups is 2. The Morgan fingerprint density at radius 2 is 1.75 bits per heavy atom. The molecule has 0 spiro atoms. The van der Waals surface area contributed by atoms with Gasteiger partial charge in [-0.15, -0.1) is 0 Å². The molecule has 2 rings (SSSR count). The normalized spacial score (nSPS) is 13.4. The van der Waals surface area contributed by atoms with Gasteiger partial charge in [-0.1, -0.05) is 23.5 Å². The Kier molecular flexibility index (Phi) is 3.02. The van der Waals surface area contributed by atoms with Gasteiger partial charge in [0.2, 0.25) is 0 Å². The lowest BCUT2D eigenvalue weighted by molar-refractivity contribution is -0.134. The van der Waals surface area contributed by atoms with Crippen molar-refractivity contribution in [3.05, 3.63) is 22.4 Å². The highest BCUT2D eigenvalue weighted by Gasteiger charge is 2.24. The number of fused-ring (bicyclic) bond motifs is 1. The quantitative estimate of drug-likeness (QED) is 0.456. The van der Waals surface area contributed by atoms with Gasteiger partial charge in [0.15, 0.2) is 0 Å². The minimum Gasteiger partial charge on any atom is -0.507 e. The van der Waals surface area contributed by atoms with Crippen LogP contribution in [0.25, 0.3) is 0 Å². The lowest BCUT2D eigenvalue weighted by Gasteiger charge is -2.00. The molecule has 0 atom stereocenters. The molecule has 2 N–H and O–H groups in total. The first kappa shape index (κ1) is 11.2. The Bertz CT molecular complexity index is 449. The summed E-state index contributed by atoms with van der Waals surface area (Å²) in [5.41, 5.74) is 0. The molecule has 0 radical (unpaired) electrons. The van der Waals surface area contributed by atoms with Crippen LogP contribution in [0.1, 0.15) is 0 Å². The average molecular weight is 256 g/mol. The third-order valence-corrected chi connectivity index (χ3v) is 4.41. The van der Waals surface area contributed by atoms with Crippen LogP contribution in [0, 0.1) is 0 Å². The standard InChI is InChI=1S/C10H8O4S2/c1-14-7(13)4-8-15-9-5(11)2-3-6(12)10(9)16-8/h2-4,11-12H,1H3. The lowest BCUT2D eigenvalue weighted by atomic mass is 10.3. The first-order valence-electron chi connectivity index (χ1n) is 4.32. The van der Waals surface area contributed by atoms with Crippen LogP contribution in [0.15, 0.2) is 32.2 Å². The van der Waals surface area contributed by atoms with Crippen molar-refractivity contribution in [3.63, 3.8) is 0 Å². The molecule has 1 aromatic carbocycles. The van der Waals surface area contributed by atoms with Gasteiger partial charge < -0.3 is 14.9 Å². The summed E-state index contributed by atoms with van der Waals surface area (Å²) in [4.78, 5) is 12.2. The van der Waals surface area contributed by atoms with Crippen molar-refractivity contribution in [1.82, 2.24) is 0 Å². The maximum atomic E-state index is 11.0. The summed E-state index contributed by atoms with van der Waals surface area (Å²) in [6, 6.07) is 2.84. The van der Waals surface area contributed by atoms with E-state index in [2.05, 4.69) is 4.74 Å². The zero-order chi connectivity index (χ0) is 11.7. The highest BCUT2D eigenvalue weighted by Crippen LogP contribution is 2.57. The Labute approximate surface area is 100 Å². The van der Waals surface area contributed by atoms with Crippen LogP contribution in [0.5, 0.6) is 11.5 Å². The number of ether oxygens (including phenoxy) is 1. The Hall–Kier alpha value is -1.27. The van der Waals surface area contributed by atoms with Crippen LogP contribution in [0.2, 0.25) is 0 Å². The molecule has 84 valence electrons. The molecule has 0 aliphatic carbocycles. The van der Waals surface area contributed by atoms with E-state index >= 15 is 0 Å². The number of phenolic OH excluding ortho intramolecular Hbond substituents is 2. The summed E-state index contributed by atoms with van der Waals surface area (Å²) in [6.07, 6.45) is 1.33. The number of benzene rings is 1. The molecule has 4 nitrogen and oxygen atoms in total. The molecule has 16 heavy (non-hydrogen) atoms. The zero-order valence-electron chi connectivity index (χ0n) is 8.26. The number of rotatable bonds is 1. The van der Waals surface area contributed by atoms with E-state index in [9.17, 15) is 15.0 Å². The average Bonchev–Trinajstić information content (AvgIpc) is 2.68. The fraction of sp³-hybridized carbons (Fsp3) is 0.100. The van der Waals surface area contributed by atoms with Gasteiger partial charge in [-0.3, -0.25) is 0 Å². The van der Waals surface area contributed by atoms with E-state index in [4.69, 9.17) is 0 Å². The highest BCUT2D eigenvalue weighted by molar-refractivity contribution is 8.24. The van der Waals surface area contributed by atoms with Gasteiger partial charge >= 0.3 is 5.97 Å². The summed E-state index contributed by atoms with van der Waals surface area (Å²) in [6.45, 7) is 0. The maximum Gasteiger partial charge on any atom is 0.332 e. The summed E-state index contributed by atoms with van der Waals surface area (Å²) >= 11 is 2.47. The molecule has 0 fully saturated rings. The Morgan fingerprint density at radius 1 is 1.25 bits per heavy atom. The van der Waals surface area contributed by atoms with Crippen molar-refractivity contribution >= 4 is 29.5 Å². The second-order valence-electron chi connectivity index (χ2n) is 2.95. The number of hydrogen-bond acceptors (Lipinski definition) is 6. The fourth-order valence-electron chi connectivity index (χ4n) is 1.18. The molecule has 0 amide bonds. The molecule has 1 aromatic rings. The van der Waals surface area contributed by atoms with Crippen LogP contribution in [0.3, 0.4) is 0 Å². The van der Waals surface area contributed by atoms with Gasteiger partial charge in [0.25, 0.3) is 0 Å². The number of methoxy groups -OCH3 is 1. The summed E-state index contributed by atoms with van der Waals surface area (Å²) in [5.74, 6) is -0.265. The van der Waals surface area contributed by atoms with Crippen molar-refractivity contribution in [2.24, 2.45) is 0 Å². The number of hydrogen-bond donors (Lipinski definition) is 2. The minimum absolute atomic E-state index is 0.0959. The molecule has 0 bridgehead atoms. The largest absolute Gasteiger partial charge is 0.507 e. The smallest absolute Gasteiger partial charge is 0.332 e. The first-order valence-corrected chi connectivity index (χ1v) is 5.95. The SMILES string of the molecule is COC(=O)C=C1Sc2c(O)ccc(O)c2S1. The van der Waals surface area contributed by atoms with E-state index in [-0.39, 0.29) is 11.5 Å². The second-order valence-corrected chi connectivity index (χ2v) is 5.32. The van der Waals surface area contributed by atoms with Crippen molar-refractivity contribution in [3.8, 4) is 11.5 Å². The molecule has 0 aromatic heterocycles. The van der Waals surface area contributed by atoms with E-state index < -0.39 is 5.97 Å². The maximum absolute atomic E-state index is 11.0. The number of esters is 1. The third-order valence-electron chi connectivity index (χ3n) is 1.91. The molecule has 0 saturated carbocycles. The number of carbonyl (C=O) groups is 1. The summed E-state index contributed by atoms with van der Waals surface area (Å²) in [7, 11) is 1.30. The van der Waals surface area contributed by atoms with Crippen molar-refractivity contribution in [2.75, 3.05) is 7.11 Å². The monoisotopic (exact) mass is 256 g/mol. The van der Waals surface area contributed by atoms with Gasteiger partial charge in [-0.05, 0) is 12.1 Å². The fourth-order valence-corrected chi connectivity index (χ4v) is 3.54. The first-order chi connectivity index (χ1) is 7.61. The third kappa shape index (κ3) is 1.98. The van der Waals surface area contributed by atoms with Gasteiger partial charge in [0, 0.05) is 6.08 Å². The van der Waals surface area contributed by atoms with Crippen molar-refractivity contribution < 1.29 is 19.7 Å². The Morgan fingerprint density at radius 3 is 2.19 bits per heavy atom. The van der Waals surface area contributed by atoms with E-state index in [1.807, 2.05) is 0 Å². The van der Waals surface area contributed by atoms with Crippen LogP contribution < -0.4 is 0 Å². The molecule has 0 unspecified atom stereocenters. The predicted molar refractivity (Wildman–Crippen MR) is 61.6 cm³/mol. The van der Waals surface area contributed by atoms with Crippen molar-refractivity contribution in [1.29, 1.82) is 0 Å². The van der Waals surface area contributed by atoms with Crippen LogP contribution in [-0.4, -0.2) is 23.3 Å². The summed E-state index contributed by atoms with van der Waals surface area (Å²) in [5, 5.41) is 19.2. The highest BCUT2D eigenvalue weighted by atomic mass is 32.2. The van der Waals surface area contributed by atoms with Crippen molar-refractivity contribution in [2.45, 2.75) is 9.79 Å². The molecular formula is C10H8O4S2. The molecular weight excluding hydrogens is 248 g/mol. The number of carbonyl (C=O) groups excluding carboxylic acids is 1. The van der Waals surface area contributed by atoms with Gasteiger partial charge in [-0.2, -0.15) is 0 Å². The Balaban J connectivity index is 2.34. The van der Waals surface area contributed by atoms with E-state index in [1.54, 1.807) is 0 Å². The van der Waals surface area contributed by atoms with Crippen LogP contribution in [-0.2, 0) is 9.53 Å². The lowest BCUT2D eigenvalue weighted by Crippen LogP contribution is -1.93. The molecule has 1 aliphatic rings. The topological polar surface area (TPSA) is 66.8 Å². The molecule has 6 heteroatoms. The molecule has 0 saturated heterocycles. The second kappa shape index (κ2) is 4.31. The predicted octanol–water partition coefficient (Wildman–Crippen LogP) is 2.31. The van der Waals surface area contributed by atoms with E-state index in [1.165, 1.54) is 48.8 Å².